The van der Waals surface area contributed by atoms with Crippen LogP contribution in [0.2, 0.25) is 13.1 Å². The average Bonchev–Trinajstić information content (AvgIpc) is 0.823. The van der Waals surface area contributed by atoms with Gasteiger partial charge in [-0.15, -0.1) is 0 Å². The maximum atomic E-state index is 10.7. The van der Waals surface area contributed by atoms with E-state index >= 15 is 0 Å². The fourth-order valence-electron chi connectivity index (χ4n) is 18.9. The van der Waals surface area contributed by atoms with Gasteiger partial charge in [0, 0.05) is 72.5 Å². The largest absolute Gasteiger partial charge is 0.311 e. The van der Waals surface area contributed by atoms with Crippen molar-refractivity contribution in [3.05, 3.63) is 318 Å². The van der Waals surface area contributed by atoms with Crippen molar-refractivity contribution in [1.82, 2.24) is 9.13 Å². The second-order valence-corrected chi connectivity index (χ2v) is 42.5. The molecule has 3 aliphatic heterocycles. The Morgan fingerprint density at radius 3 is 1.21 bits per heavy atom. The number of benzene rings is 14. The van der Waals surface area contributed by atoms with E-state index in [0.29, 0.717) is 5.56 Å². The highest BCUT2D eigenvalue weighted by Gasteiger charge is 2.47. The first-order valence-corrected chi connectivity index (χ1v) is 43.8. The Labute approximate surface area is 674 Å². The van der Waals surface area contributed by atoms with Crippen LogP contribution in [0.3, 0.4) is 0 Å². The van der Waals surface area contributed by atoms with Gasteiger partial charge in [0.15, 0.2) is 0 Å². The van der Waals surface area contributed by atoms with Crippen LogP contribution in [0, 0.1) is 11.3 Å². The SMILES string of the molecule is CC(C)(C)c1cc(-c2ccccc2)cc(N2c3cc(-n4c5ccc(C(C)(C)C)cc5c5cc(C(C)(C)C)ccc54)ccc3B3c4ccc(-n5c6ccc(C#N)cc6c6cc(C(C)(C)C)ccc65)cc4N(c4c(-c5ccccc5)cc(C(C)(C)C)cc4-c4ccccc4)c4cc(-c5cccc6c5-c5ccccc5[Si]6(C)C)cc2c43)c1. The summed E-state index contributed by atoms with van der Waals surface area (Å²) in [7, 11) is -2.23. The van der Waals surface area contributed by atoms with Crippen LogP contribution in [0.4, 0.5) is 34.1 Å². The lowest BCUT2D eigenvalue weighted by Crippen LogP contribution is -2.61. The topological polar surface area (TPSA) is 40.1 Å². The van der Waals surface area contributed by atoms with E-state index in [1.54, 1.807) is 0 Å². The summed E-state index contributed by atoms with van der Waals surface area (Å²) in [5.74, 6) is 0. The van der Waals surface area contributed by atoms with Gasteiger partial charge in [-0.3, -0.25) is 0 Å². The van der Waals surface area contributed by atoms with Crippen LogP contribution in [-0.2, 0) is 27.1 Å². The Morgan fingerprint density at radius 2 is 0.719 bits per heavy atom. The zero-order valence-electron chi connectivity index (χ0n) is 68.9. The fourth-order valence-corrected chi connectivity index (χ4v) is 22.0. The molecule has 0 spiro atoms. The van der Waals surface area contributed by atoms with Crippen molar-refractivity contribution in [3.8, 4) is 73.1 Å². The summed E-state index contributed by atoms with van der Waals surface area (Å²) in [5.41, 5.74) is 35.2. The first-order chi connectivity index (χ1) is 54.4. The molecule has 0 fully saturated rings. The van der Waals surface area contributed by atoms with Gasteiger partial charge in [-0.05, 0) is 241 Å². The zero-order valence-corrected chi connectivity index (χ0v) is 69.9. The van der Waals surface area contributed by atoms with Gasteiger partial charge in [0.1, 0.15) is 8.07 Å². The molecule has 0 saturated heterocycles. The molecule has 14 aromatic carbocycles. The van der Waals surface area contributed by atoms with Crippen molar-refractivity contribution in [2.45, 2.75) is 144 Å². The first-order valence-electron chi connectivity index (χ1n) is 40.8. The summed E-state index contributed by atoms with van der Waals surface area (Å²) < 4.78 is 5.03. The van der Waals surface area contributed by atoms with Gasteiger partial charge in [0.25, 0.3) is 6.71 Å². The first kappa shape index (κ1) is 72.3. The van der Waals surface area contributed by atoms with Crippen LogP contribution in [-0.4, -0.2) is 23.9 Å². The molecule has 7 heteroatoms. The smallest absolute Gasteiger partial charge is 0.252 e. The van der Waals surface area contributed by atoms with Gasteiger partial charge in [0.05, 0.1) is 39.4 Å². The molecule has 114 heavy (non-hydrogen) atoms. The lowest BCUT2D eigenvalue weighted by Gasteiger charge is -2.46. The Balaban J connectivity index is 1.01. The molecule has 558 valence electrons. The maximum absolute atomic E-state index is 10.7. The summed E-state index contributed by atoms with van der Waals surface area (Å²) in [6.45, 7) is 39.9. The molecule has 0 unspecified atom stereocenters. The molecular weight excluding hydrogens is 1390 g/mol. The van der Waals surface area contributed by atoms with E-state index in [1.165, 1.54) is 104 Å². The van der Waals surface area contributed by atoms with Crippen molar-refractivity contribution in [2.75, 3.05) is 9.80 Å². The summed E-state index contributed by atoms with van der Waals surface area (Å²) in [6.07, 6.45) is 0. The lowest BCUT2D eigenvalue weighted by atomic mass is 9.33. The zero-order chi connectivity index (χ0) is 79.2. The van der Waals surface area contributed by atoms with Gasteiger partial charge in [-0.2, -0.15) is 5.26 Å². The van der Waals surface area contributed by atoms with Gasteiger partial charge in [0.2, 0.25) is 0 Å². The minimum atomic E-state index is -2.23. The molecule has 2 aromatic heterocycles. The molecule has 0 radical (unpaired) electrons. The highest BCUT2D eigenvalue weighted by Crippen LogP contribution is 2.55. The number of nitrogens with zero attached hydrogens (tertiary/aromatic N) is 5. The molecule has 19 rings (SSSR count). The van der Waals surface area contributed by atoms with E-state index in [-0.39, 0.29) is 33.8 Å². The number of rotatable bonds is 8. The minimum Gasteiger partial charge on any atom is -0.311 e. The monoisotopic (exact) mass is 1490 g/mol. The van der Waals surface area contributed by atoms with E-state index < -0.39 is 8.07 Å². The van der Waals surface area contributed by atoms with Crippen LogP contribution in [0.1, 0.15) is 137 Å². The van der Waals surface area contributed by atoms with Crippen LogP contribution in [0.25, 0.3) is 111 Å². The van der Waals surface area contributed by atoms with Crippen molar-refractivity contribution < 1.29 is 0 Å². The molecule has 0 atom stereocenters. The Morgan fingerprint density at radius 1 is 0.298 bits per heavy atom. The van der Waals surface area contributed by atoms with Crippen molar-refractivity contribution in [1.29, 1.82) is 5.26 Å². The highest BCUT2D eigenvalue weighted by molar-refractivity contribution is 7.04. The van der Waals surface area contributed by atoms with Gasteiger partial charge in [-0.25, -0.2) is 0 Å². The van der Waals surface area contributed by atoms with E-state index in [1.807, 2.05) is 6.07 Å². The molecule has 0 amide bonds. The molecule has 3 aliphatic rings. The van der Waals surface area contributed by atoms with E-state index in [2.05, 4.69) is 421 Å². The van der Waals surface area contributed by atoms with Gasteiger partial charge < -0.3 is 18.9 Å². The standard InChI is InChI=1S/C107H98BN5Si/c1-103(2,3)72-41-49-91-85(58-72)84-52-66(65-109)40-48-90(84)110(91)78-45-47-89-95(64-78)113(102-82(68-32-23-19-24-33-68)61-76(107(13,14)15)62-83(102)69-34-25-20-26-35-69)97-56-71(80-37-29-39-99-100(80)81-36-27-28-38-98(81)114(99,16)17)55-96-101(97)108(89)88-46-44-77(63-94(88)112(96)79-54-70(67-30-21-18-22-31-67)53-75(57-79)106(10,11)12)111-92-50-42-73(104(4,5)6)59-86(92)87-60-74(105(7,8)9)43-51-93(87)111/h18-64H,1-17H3. The lowest BCUT2D eigenvalue weighted by molar-refractivity contribution is 0.590. The predicted octanol–water partition coefficient (Wildman–Crippen LogP) is 25.8. The number of hydrogen-bond donors (Lipinski definition) is 0. The molecule has 16 aromatic rings. The van der Waals surface area contributed by atoms with Crippen LogP contribution in [0.5, 0.6) is 0 Å². The van der Waals surface area contributed by atoms with Crippen LogP contribution < -0.4 is 36.6 Å². The van der Waals surface area contributed by atoms with Crippen molar-refractivity contribution >= 4 is 119 Å². The molecule has 5 nitrogen and oxygen atoms in total. The summed E-state index contributed by atoms with van der Waals surface area (Å²) in [5, 5.41) is 18.3. The third-order valence-corrected chi connectivity index (χ3v) is 28.8. The Hall–Kier alpha value is -11.9. The quantitative estimate of drug-likeness (QED) is 0.142. The number of fused-ring (bicyclic) bond motifs is 13. The normalized spacial score (nSPS) is 13.8. The van der Waals surface area contributed by atoms with Crippen molar-refractivity contribution in [3.63, 3.8) is 0 Å². The second kappa shape index (κ2) is 25.8. The number of nitriles is 1. The third kappa shape index (κ3) is 11.6. The molecule has 0 saturated carbocycles. The van der Waals surface area contributed by atoms with Gasteiger partial charge >= 0.3 is 0 Å². The number of anilines is 6. The molecular formula is C107H98BN5Si. The summed E-state index contributed by atoms with van der Waals surface area (Å²) in [4.78, 5) is 5.44. The van der Waals surface area contributed by atoms with E-state index in [9.17, 15) is 5.26 Å². The van der Waals surface area contributed by atoms with Crippen LogP contribution >= 0.6 is 0 Å². The Bertz CT molecular complexity index is 6600. The molecule has 5 heterocycles. The molecule has 0 aliphatic carbocycles. The Kier molecular flexibility index (Phi) is 16.4. The van der Waals surface area contributed by atoms with Crippen LogP contribution in [0.15, 0.2) is 285 Å². The van der Waals surface area contributed by atoms with Gasteiger partial charge in [-0.1, -0.05) is 287 Å². The predicted molar refractivity (Wildman–Crippen MR) is 491 cm³/mol. The highest BCUT2D eigenvalue weighted by atomic mass is 28.3. The summed E-state index contributed by atoms with van der Waals surface area (Å²) >= 11 is 0. The number of hydrogen-bond acceptors (Lipinski definition) is 3. The molecule has 0 N–H and O–H groups in total. The number of aromatic nitrogens is 2. The molecule has 0 bridgehead atoms. The third-order valence-electron chi connectivity index (χ3n) is 25.2. The van der Waals surface area contributed by atoms with E-state index in [0.717, 1.165) is 95.1 Å². The van der Waals surface area contributed by atoms with Crippen molar-refractivity contribution in [2.24, 2.45) is 0 Å². The average molecular weight is 1490 g/mol. The minimum absolute atomic E-state index is 0.0698. The van der Waals surface area contributed by atoms with E-state index in [4.69, 9.17) is 0 Å². The fraction of sp³-hybridized carbons (Fsp3) is 0.206. The second-order valence-electron chi connectivity index (χ2n) is 38.2. The maximum Gasteiger partial charge on any atom is 0.252 e. The summed E-state index contributed by atoms with van der Waals surface area (Å²) in [6, 6.07) is 113.